The van der Waals surface area contributed by atoms with Crippen LogP contribution in [-0.4, -0.2) is 29.3 Å². The Hall–Kier alpha value is -3.40. The largest absolute Gasteiger partial charge is 0.354 e. The van der Waals surface area contributed by atoms with E-state index < -0.39 is 6.04 Å². The molecule has 0 saturated heterocycles. The van der Waals surface area contributed by atoms with Crippen molar-refractivity contribution in [1.82, 2.24) is 10.2 Å². The fourth-order valence-corrected chi connectivity index (χ4v) is 3.80. The predicted octanol–water partition coefficient (Wildman–Crippen LogP) is 5.03. The van der Waals surface area contributed by atoms with Crippen LogP contribution >= 0.6 is 0 Å². The van der Waals surface area contributed by atoms with Crippen LogP contribution in [0.5, 0.6) is 0 Å². The van der Waals surface area contributed by atoms with Crippen molar-refractivity contribution in [2.75, 3.05) is 6.54 Å². The molecule has 3 aromatic carbocycles. The maximum atomic E-state index is 13.5. The molecule has 0 fully saturated rings. The average molecular weight is 443 g/mol. The van der Waals surface area contributed by atoms with E-state index in [0.29, 0.717) is 38.3 Å². The van der Waals surface area contributed by atoms with E-state index in [4.69, 9.17) is 0 Å². The Bertz CT molecular complexity index is 988. The number of rotatable bonds is 11. The Morgan fingerprint density at radius 3 is 1.82 bits per heavy atom. The summed E-state index contributed by atoms with van der Waals surface area (Å²) in [5.41, 5.74) is 3.17. The molecule has 4 heteroatoms. The van der Waals surface area contributed by atoms with Crippen molar-refractivity contribution in [2.24, 2.45) is 5.92 Å². The van der Waals surface area contributed by atoms with Gasteiger partial charge in [0.1, 0.15) is 6.04 Å². The number of benzene rings is 3. The molecule has 0 bridgehead atoms. The van der Waals surface area contributed by atoms with E-state index in [1.165, 1.54) is 0 Å². The van der Waals surface area contributed by atoms with Crippen molar-refractivity contribution in [2.45, 2.75) is 45.7 Å². The molecule has 1 unspecified atom stereocenters. The summed E-state index contributed by atoms with van der Waals surface area (Å²) in [7, 11) is 0. The van der Waals surface area contributed by atoms with Crippen LogP contribution in [0, 0.1) is 5.92 Å². The van der Waals surface area contributed by atoms with Crippen LogP contribution < -0.4 is 5.32 Å². The first-order valence-corrected chi connectivity index (χ1v) is 11.7. The first-order valence-electron chi connectivity index (χ1n) is 11.7. The number of nitrogens with one attached hydrogen (secondary N) is 1. The van der Waals surface area contributed by atoms with Crippen molar-refractivity contribution in [3.8, 4) is 0 Å². The second-order valence-electron chi connectivity index (χ2n) is 8.84. The third-order valence-corrected chi connectivity index (χ3v) is 5.62. The Morgan fingerprint density at radius 1 is 0.758 bits per heavy atom. The van der Waals surface area contributed by atoms with Crippen LogP contribution in [0.15, 0.2) is 91.0 Å². The monoisotopic (exact) mass is 442 g/mol. The highest BCUT2D eigenvalue weighted by Crippen LogP contribution is 2.17. The molecule has 3 aromatic rings. The van der Waals surface area contributed by atoms with E-state index >= 15 is 0 Å². The third-order valence-electron chi connectivity index (χ3n) is 5.62. The topological polar surface area (TPSA) is 49.4 Å². The normalized spacial score (nSPS) is 11.7. The van der Waals surface area contributed by atoms with Gasteiger partial charge in [0.15, 0.2) is 0 Å². The minimum atomic E-state index is -0.574. The highest BCUT2D eigenvalue weighted by Gasteiger charge is 2.30. The van der Waals surface area contributed by atoms with E-state index in [2.05, 4.69) is 19.2 Å². The molecule has 172 valence electrons. The van der Waals surface area contributed by atoms with E-state index in [1.807, 2.05) is 91.0 Å². The Morgan fingerprint density at radius 2 is 1.27 bits per heavy atom. The number of amides is 2. The molecule has 3 rings (SSSR count). The molecule has 4 nitrogen and oxygen atoms in total. The molecule has 33 heavy (non-hydrogen) atoms. The second kappa shape index (κ2) is 12.6. The van der Waals surface area contributed by atoms with Gasteiger partial charge in [0.25, 0.3) is 0 Å². The van der Waals surface area contributed by atoms with Crippen molar-refractivity contribution in [1.29, 1.82) is 0 Å². The molecule has 1 atom stereocenters. The first-order chi connectivity index (χ1) is 16.0. The van der Waals surface area contributed by atoms with Gasteiger partial charge in [-0.15, -0.1) is 0 Å². The molecule has 0 aliphatic rings. The van der Waals surface area contributed by atoms with Gasteiger partial charge in [0.2, 0.25) is 11.8 Å². The van der Waals surface area contributed by atoms with Gasteiger partial charge in [-0.05, 0) is 29.0 Å². The van der Waals surface area contributed by atoms with Crippen molar-refractivity contribution >= 4 is 11.8 Å². The fourth-order valence-electron chi connectivity index (χ4n) is 3.80. The lowest BCUT2D eigenvalue weighted by Gasteiger charge is -2.32. The second-order valence-corrected chi connectivity index (χ2v) is 8.84. The lowest BCUT2D eigenvalue weighted by Crippen LogP contribution is -2.51. The van der Waals surface area contributed by atoms with Crippen LogP contribution in [-0.2, 0) is 29.0 Å². The van der Waals surface area contributed by atoms with Gasteiger partial charge in [-0.25, -0.2) is 0 Å². The number of carbonyl (C=O) groups is 2. The smallest absolute Gasteiger partial charge is 0.243 e. The van der Waals surface area contributed by atoms with Crippen molar-refractivity contribution in [3.63, 3.8) is 0 Å². The van der Waals surface area contributed by atoms with Gasteiger partial charge in [-0.1, -0.05) is 105 Å². The Kier molecular flexibility index (Phi) is 9.25. The van der Waals surface area contributed by atoms with Gasteiger partial charge >= 0.3 is 0 Å². The summed E-state index contributed by atoms with van der Waals surface area (Å²) in [6.07, 6.45) is 1.49. The quantitative estimate of drug-likeness (QED) is 0.453. The van der Waals surface area contributed by atoms with Crippen molar-refractivity contribution < 1.29 is 9.59 Å². The maximum Gasteiger partial charge on any atom is 0.243 e. The molecule has 0 radical (unpaired) electrons. The highest BCUT2D eigenvalue weighted by molar-refractivity contribution is 5.88. The summed E-state index contributed by atoms with van der Waals surface area (Å²) in [5.74, 6) is 0.225. The molecule has 0 aliphatic carbocycles. The maximum absolute atomic E-state index is 13.5. The molecule has 2 amide bonds. The lowest BCUT2D eigenvalue weighted by molar-refractivity contribution is -0.141. The van der Waals surface area contributed by atoms with E-state index in [0.717, 1.165) is 16.7 Å². The van der Waals surface area contributed by atoms with Gasteiger partial charge in [0.05, 0.1) is 0 Å². The summed E-state index contributed by atoms with van der Waals surface area (Å²) in [5, 5.41) is 3.06. The van der Waals surface area contributed by atoms with E-state index in [-0.39, 0.29) is 11.8 Å². The number of carbonyl (C=O) groups excluding carboxylic acids is 2. The predicted molar refractivity (Wildman–Crippen MR) is 134 cm³/mol. The minimum absolute atomic E-state index is 0.0108. The number of nitrogens with zero attached hydrogens (tertiary/aromatic N) is 1. The fraction of sp³-hybridized carbons (Fsp3) is 0.310. The highest BCUT2D eigenvalue weighted by atomic mass is 16.2. The number of hydrogen-bond acceptors (Lipinski definition) is 2. The van der Waals surface area contributed by atoms with Gasteiger partial charge < -0.3 is 10.2 Å². The molecule has 1 N–H and O–H groups in total. The molecule has 0 saturated carbocycles. The Balaban J connectivity index is 1.86. The summed E-state index contributed by atoms with van der Waals surface area (Å²) in [6, 6.07) is 29.3. The minimum Gasteiger partial charge on any atom is -0.354 e. The third kappa shape index (κ3) is 7.90. The number of hydrogen-bond donors (Lipinski definition) is 1. The number of aryl methyl sites for hydroxylation is 1. The first kappa shape index (κ1) is 24.2. The Labute approximate surface area is 197 Å². The summed E-state index contributed by atoms with van der Waals surface area (Å²) >= 11 is 0. The molecular formula is C29H34N2O2. The van der Waals surface area contributed by atoms with Gasteiger partial charge in [-0.3, -0.25) is 9.59 Å². The zero-order chi connectivity index (χ0) is 23.5. The molecule has 0 aliphatic heterocycles. The van der Waals surface area contributed by atoms with E-state index in [9.17, 15) is 9.59 Å². The van der Waals surface area contributed by atoms with Crippen LogP contribution in [0.1, 0.15) is 37.0 Å². The van der Waals surface area contributed by atoms with Crippen molar-refractivity contribution in [3.05, 3.63) is 108 Å². The standard InChI is InChI=1S/C29H34N2O2/c1-23(2)21-30-29(33)27(20-25-14-8-4-9-15-25)31(22-26-16-10-5-11-17-26)28(32)19-18-24-12-6-3-7-13-24/h3-17,23,27H,18-22H2,1-2H3,(H,30,33). The van der Waals surface area contributed by atoms with Gasteiger partial charge in [-0.2, -0.15) is 0 Å². The molecular weight excluding hydrogens is 408 g/mol. The summed E-state index contributed by atoms with van der Waals surface area (Å²) < 4.78 is 0. The summed E-state index contributed by atoms with van der Waals surface area (Å²) in [6.45, 7) is 5.13. The van der Waals surface area contributed by atoms with Gasteiger partial charge in [0, 0.05) is 25.9 Å². The molecule has 0 spiro atoms. The van der Waals surface area contributed by atoms with Crippen LogP contribution in [0.2, 0.25) is 0 Å². The van der Waals surface area contributed by atoms with Crippen LogP contribution in [0.25, 0.3) is 0 Å². The summed E-state index contributed by atoms with van der Waals surface area (Å²) in [4.78, 5) is 28.7. The van der Waals surface area contributed by atoms with E-state index in [1.54, 1.807) is 4.90 Å². The van der Waals surface area contributed by atoms with Crippen LogP contribution in [0.3, 0.4) is 0 Å². The molecule has 0 heterocycles. The zero-order valence-corrected chi connectivity index (χ0v) is 19.6. The molecule has 0 aromatic heterocycles. The lowest BCUT2D eigenvalue weighted by atomic mass is 10.0. The zero-order valence-electron chi connectivity index (χ0n) is 19.6. The average Bonchev–Trinajstić information content (AvgIpc) is 2.85. The SMILES string of the molecule is CC(C)CNC(=O)C(Cc1ccccc1)N(Cc1ccccc1)C(=O)CCc1ccccc1. The van der Waals surface area contributed by atoms with Crippen LogP contribution in [0.4, 0.5) is 0 Å².